The van der Waals surface area contributed by atoms with E-state index >= 15 is 0 Å². The van der Waals surface area contributed by atoms with Crippen molar-refractivity contribution in [3.63, 3.8) is 0 Å². The average Bonchev–Trinajstić information content (AvgIpc) is 2.87. The number of hydrogen-bond donors (Lipinski definition) is 1. The van der Waals surface area contributed by atoms with Crippen LogP contribution < -0.4 is 10.2 Å². The second kappa shape index (κ2) is 5.34. The van der Waals surface area contributed by atoms with E-state index < -0.39 is 0 Å². The van der Waals surface area contributed by atoms with Crippen molar-refractivity contribution in [2.45, 2.75) is 25.9 Å². The molecule has 5 heteroatoms. The van der Waals surface area contributed by atoms with E-state index in [9.17, 15) is 4.79 Å². The second-order valence-electron chi connectivity index (χ2n) is 5.01. The quantitative estimate of drug-likeness (QED) is 0.944. The third kappa shape index (κ3) is 2.46. The normalized spacial score (nSPS) is 18.2. The Bertz CT molecular complexity index is 638. The van der Waals surface area contributed by atoms with Gasteiger partial charge in [0.25, 0.3) is 0 Å². The standard InChI is InChI=1S/C15H17N3OS/c1-10-8-17-14(20-10)9-16-12-7-15(19)18(2)13-6-4-3-5-11(12)13/h3-6,8,12,16H,7,9H2,1-2H3. The zero-order valence-electron chi connectivity index (χ0n) is 11.6. The van der Waals surface area contributed by atoms with Crippen LogP contribution in [0.1, 0.15) is 27.9 Å². The molecule has 20 heavy (non-hydrogen) atoms. The molecule has 0 spiro atoms. The van der Waals surface area contributed by atoms with Crippen molar-refractivity contribution >= 4 is 22.9 Å². The molecule has 2 aromatic rings. The Balaban J connectivity index is 1.80. The summed E-state index contributed by atoms with van der Waals surface area (Å²) in [5, 5.41) is 4.52. The largest absolute Gasteiger partial charge is 0.315 e. The van der Waals surface area contributed by atoms with E-state index in [1.54, 1.807) is 16.2 Å². The predicted molar refractivity (Wildman–Crippen MR) is 80.9 cm³/mol. The van der Waals surface area contributed by atoms with Crippen molar-refractivity contribution in [1.82, 2.24) is 10.3 Å². The monoisotopic (exact) mass is 287 g/mol. The van der Waals surface area contributed by atoms with Gasteiger partial charge in [-0.3, -0.25) is 4.79 Å². The summed E-state index contributed by atoms with van der Waals surface area (Å²) in [6.07, 6.45) is 2.38. The molecule has 2 heterocycles. The van der Waals surface area contributed by atoms with Crippen LogP contribution in [0, 0.1) is 6.92 Å². The topological polar surface area (TPSA) is 45.2 Å². The van der Waals surface area contributed by atoms with E-state index in [1.807, 2.05) is 31.4 Å². The lowest BCUT2D eigenvalue weighted by Gasteiger charge is -2.32. The number of benzene rings is 1. The molecule has 0 fully saturated rings. The number of aromatic nitrogens is 1. The van der Waals surface area contributed by atoms with Gasteiger partial charge < -0.3 is 10.2 Å². The highest BCUT2D eigenvalue weighted by atomic mass is 32.1. The van der Waals surface area contributed by atoms with Crippen LogP contribution in [0.2, 0.25) is 0 Å². The van der Waals surface area contributed by atoms with E-state index in [0.29, 0.717) is 13.0 Å². The molecule has 1 atom stereocenters. The van der Waals surface area contributed by atoms with E-state index in [0.717, 1.165) is 10.7 Å². The van der Waals surface area contributed by atoms with Crippen molar-refractivity contribution in [2.24, 2.45) is 0 Å². The molecular formula is C15H17N3OS. The first-order valence-electron chi connectivity index (χ1n) is 6.65. The lowest BCUT2D eigenvalue weighted by Crippen LogP contribution is -2.37. The number of amides is 1. The van der Waals surface area contributed by atoms with E-state index in [2.05, 4.69) is 23.3 Å². The molecule has 104 valence electrons. The van der Waals surface area contributed by atoms with Gasteiger partial charge in [-0.15, -0.1) is 11.3 Å². The highest BCUT2D eigenvalue weighted by Crippen LogP contribution is 2.33. The Hall–Kier alpha value is -1.72. The zero-order valence-corrected chi connectivity index (χ0v) is 12.4. The van der Waals surface area contributed by atoms with Gasteiger partial charge >= 0.3 is 0 Å². The maximum Gasteiger partial charge on any atom is 0.228 e. The first-order chi connectivity index (χ1) is 9.65. The molecular weight excluding hydrogens is 270 g/mol. The van der Waals surface area contributed by atoms with E-state index in [1.165, 1.54) is 10.4 Å². The highest BCUT2D eigenvalue weighted by Gasteiger charge is 2.28. The van der Waals surface area contributed by atoms with Gasteiger partial charge in [-0.2, -0.15) is 0 Å². The number of para-hydroxylation sites is 1. The number of hydrogen-bond acceptors (Lipinski definition) is 4. The number of carbonyl (C=O) groups excluding carboxylic acids is 1. The molecule has 3 rings (SSSR count). The Morgan fingerprint density at radius 3 is 3.00 bits per heavy atom. The molecule has 1 aromatic carbocycles. The highest BCUT2D eigenvalue weighted by molar-refractivity contribution is 7.11. The second-order valence-corrected chi connectivity index (χ2v) is 6.33. The van der Waals surface area contributed by atoms with Gasteiger partial charge in [0.05, 0.1) is 0 Å². The number of rotatable bonds is 3. The molecule has 1 aromatic heterocycles. The van der Waals surface area contributed by atoms with Gasteiger partial charge in [-0.25, -0.2) is 4.98 Å². The van der Waals surface area contributed by atoms with Crippen LogP contribution in [0.15, 0.2) is 30.5 Å². The van der Waals surface area contributed by atoms with E-state index in [4.69, 9.17) is 0 Å². The number of aryl methyl sites for hydroxylation is 1. The van der Waals surface area contributed by atoms with Gasteiger partial charge in [0.2, 0.25) is 5.91 Å². The molecule has 0 saturated carbocycles. The first-order valence-corrected chi connectivity index (χ1v) is 7.47. The maximum absolute atomic E-state index is 12.1. The van der Waals surface area contributed by atoms with Crippen LogP contribution in [0.5, 0.6) is 0 Å². The minimum atomic E-state index is 0.0686. The van der Waals surface area contributed by atoms with Crippen LogP contribution in [0.3, 0.4) is 0 Å². The number of fused-ring (bicyclic) bond motifs is 1. The molecule has 1 unspecified atom stereocenters. The number of thiazole rings is 1. The van der Waals surface area contributed by atoms with Crippen LogP contribution in [-0.2, 0) is 11.3 Å². The Morgan fingerprint density at radius 2 is 2.25 bits per heavy atom. The van der Waals surface area contributed by atoms with E-state index in [-0.39, 0.29) is 11.9 Å². The molecule has 1 N–H and O–H groups in total. The number of anilines is 1. The third-order valence-corrected chi connectivity index (χ3v) is 4.51. The summed E-state index contributed by atoms with van der Waals surface area (Å²) in [6, 6.07) is 8.14. The lowest BCUT2D eigenvalue weighted by atomic mass is 9.96. The van der Waals surface area contributed by atoms with Crippen LogP contribution in [-0.4, -0.2) is 17.9 Å². The number of nitrogens with zero attached hydrogens (tertiary/aromatic N) is 2. The molecule has 1 aliphatic rings. The lowest BCUT2D eigenvalue weighted by molar-refractivity contribution is -0.119. The first kappa shape index (κ1) is 13.3. The summed E-state index contributed by atoms with van der Waals surface area (Å²) in [4.78, 5) is 19.4. The van der Waals surface area contributed by atoms with Gasteiger partial charge in [0.1, 0.15) is 5.01 Å². The average molecular weight is 287 g/mol. The minimum absolute atomic E-state index is 0.0686. The zero-order chi connectivity index (χ0) is 14.1. The van der Waals surface area contributed by atoms with Gasteiger partial charge in [-0.1, -0.05) is 18.2 Å². The Labute approximate surface area is 122 Å². The number of nitrogens with one attached hydrogen (secondary N) is 1. The predicted octanol–water partition coefficient (Wildman–Crippen LogP) is 2.65. The molecule has 0 bridgehead atoms. The summed E-state index contributed by atoms with van der Waals surface area (Å²) >= 11 is 1.69. The number of carbonyl (C=O) groups is 1. The molecule has 4 nitrogen and oxygen atoms in total. The van der Waals surface area contributed by atoms with Crippen molar-refractivity contribution in [3.8, 4) is 0 Å². The molecule has 1 aliphatic heterocycles. The SMILES string of the molecule is Cc1cnc(CNC2CC(=O)N(C)c3ccccc32)s1. The fraction of sp³-hybridized carbons (Fsp3) is 0.333. The van der Waals surface area contributed by atoms with Crippen molar-refractivity contribution in [2.75, 3.05) is 11.9 Å². The van der Waals surface area contributed by atoms with Crippen molar-refractivity contribution in [1.29, 1.82) is 0 Å². The molecule has 0 saturated heterocycles. The van der Waals surface area contributed by atoms with Crippen LogP contribution >= 0.6 is 11.3 Å². The Kier molecular flexibility index (Phi) is 3.54. The summed E-state index contributed by atoms with van der Waals surface area (Å²) in [5.41, 5.74) is 2.18. The fourth-order valence-electron chi connectivity index (χ4n) is 2.52. The van der Waals surface area contributed by atoms with Gasteiger partial charge in [0, 0.05) is 42.8 Å². The maximum atomic E-state index is 12.1. The summed E-state index contributed by atoms with van der Waals surface area (Å²) in [6.45, 7) is 2.75. The Morgan fingerprint density at radius 1 is 1.45 bits per heavy atom. The third-order valence-electron chi connectivity index (χ3n) is 3.60. The summed E-state index contributed by atoms with van der Waals surface area (Å²) < 4.78 is 0. The van der Waals surface area contributed by atoms with Gasteiger partial charge in [0.15, 0.2) is 0 Å². The summed E-state index contributed by atoms with van der Waals surface area (Å²) in [5.74, 6) is 0.150. The smallest absolute Gasteiger partial charge is 0.228 e. The summed E-state index contributed by atoms with van der Waals surface area (Å²) in [7, 11) is 1.83. The molecule has 0 radical (unpaired) electrons. The minimum Gasteiger partial charge on any atom is -0.315 e. The van der Waals surface area contributed by atoms with Gasteiger partial charge in [-0.05, 0) is 18.6 Å². The molecule has 1 amide bonds. The molecule has 0 aliphatic carbocycles. The van der Waals surface area contributed by atoms with Crippen molar-refractivity contribution < 1.29 is 4.79 Å². The fourth-order valence-corrected chi connectivity index (χ4v) is 3.26. The van der Waals surface area contributed by atoms with Crippen LogP contribution in [0.4, 0.5) is 5.69 Å². The van der Waals surface area contributed by atoms with Crippen LogP contribution in [0.25, 0.3) is 0 Å². The van der Waals surface area contributed by atoms with Crippen molar-refractivity contribution in [3.05, 3.63) is 45.9 Å².